The minimum atomic E-state index is -1.27. The van der Waals surface area contributed by atoms with Crippen LogP contribution in [-0.2, 0) is 29.4 Å². The van der Waals surface area contributed by atoms with Gasteiger partial charge in [-0.2, -0.15) is 0 Å². The topological polar surface area (TPSA) is 188 Å². The molecule has 0 spiro atoms. The van der Waals surface area contributed by atoms with Gasteiger partial charge in [0.05, 0.1) is 11.4 Å². The fraction of sp³-hybridized carbons (Fsp3) is 0.394. The number of thiophene rings is 1. The second-order valence-corrected chi connectivity index (χ2v) is 12.4. The largest absolute Gasteiger partial charge is 0.481 e. The molecule has 0 radical (unpaired) electrons. The zero-order valence-electron chi connectivity index (χ0n) is 25.7. The minimum Gasteiger partial charge on any atom is -0.481 e. The van der Waals surface area contributed by atoms with Crippen LogP contribution >= 0.6 is 11.3 Å². The van der Waals surface area contributed by atoms with Gasteiger partial charge in [-0.15, -0.1) is 11.3 Å². The van der Waals surface area contributed by atoms with Crippen LogP contribution in [0.25, 0.3) is 0 Å². The molecule has 2 aromatic rings. The van der Waals surface area contributed by atoms with Crippen LogP contribution in [0.3, 0.4) is 0 Å². The molecule has 1 aromatic carbocycles. The van der Waals surface area contributed by atoms with Gasteiger partial charge in [0.25, 0.3) is 0 Å². The molecule has 0 aliphatic heterocycles. The highest BCUT2D eigenvalue weighted by Gasteiger charge is 2.29. The fourth-order valence-corrected chi connectivity index (χ4v) is 5.88. The van der Waals surface area contributed by atoms with Crippen molar-refractivity contribution in [3.8, 4) is 0 Å². The standard InChI is InChI=1S/C33H40N4O7S/c1-20-6-4-5-7-23(20)35-21(2)26-11-12-27(45-26)33(3)18-16-22(17-19-33)8-13-28(38)36-25(10-15-30(41)42)32(44)37-24(31(34)43)9-14-29(39)40/h4-7,11-12,16-18,24-25H,8-10,13-15,19H2,1-3H3,(H2,34,43)(H,36,38)(H,37,44)(H,39,40)(H,41,42)/t24-,25?,33?/m0/s1. The van der Waals surface area contributed by atoms with E-state index in [1.807, 2.05) is 44.2 Å². The molecule has 3 amide bonds. The van der Waals surface area contributed by atoms with E-state index in [2.05, 4.69) is 41.8 Å². The number of nitrogens with two attached hydrogens (primary N) is 1. The van der Waals surface area contributed by atoms with Gasteiger partial charge < -0.3 is 26.6 Å². The number of carboxylic acids is 2. The van der Waals surface area contributed by atoms with Crippen LogP contribution in [0.1, 0.15) is 74.1 Å². The van der Waals surface area contributed by atoms with E-state index in [0.717, 1.165) is 33.8 Å². The number of para-hydroxylation sites is 1. The molecule has 0 bridgehead atoms. The van der Waals surface area contributed by atoms with E-state index in [1.165, 1.54) is 4.88 Å². The molecule has 1 aliphatic carbocycles. The van der Waals surface area contributed by atoms with Gasteiger partial charge >= 0.3 is 11.9 Å². The lowest BCUT2D eigenvalue weighted by atomic mass is 9.80. The predicted molar refractivity (Wildman–Crippen MR) is 173 cm³/mol. The molecule has 12 heteroatoms. The lowest BCUT2D eigenvalue weighted by molar-refractivity contribution is -0.139. The number of carbonyl (C=O) groups is 5. The van der Waals surface area contributed by atoms with E-state index in [4.69, 9.17) is 20.9 Å². The summed E-state index contributed by atoms with van der Waals surface area (Å²) in [5.74, 6) is -4.53. The first-order valence-corrected chi connectivity index (χ1v) is 15.5. The van der Waals surface area contributed by atoms with Crippen molar-refractivity contribution in [2.45, 2.75) is 83.2 Å². The van der Waals surface area contributed by atoms with Gasteiger partial charge in [0.1, 0.15) is 12.1 Å². The molecule has 45 heavy (non-hydrogen) atoms. The third-order valence-electron chi connectivity index (χ3n) is 7.63. The van der Waals surface area contributed by atoms with Gasteiger partial charge in [0, 0.05) is 34.4 Å². The minimum absolute atomic E-state index is 0.0553. The number of nitrogens with zero attached hydrogens (tertiary/aromatic N) is 1. The van der Waals surface area contributed by atoms with E-state index in [9.17, 15) is 24.0 Å². The summed E-state index contributed by atoms with van der Waals surface area (Å²) in [4.78, 5) is 66.4. The molecule has 1 aliphatic rings. The number of rotatable bonds is 16. The van der Waals surface area contributed by atoms with E-state index in [0.29, 0.717) is 6.42 Å². The van der Waals surface area contributed by atoms with Crippen LogP contribution in [0.15, 0.2) is 65.2 Å². The number of aliphatic imine (C=N–C) groups is 1. The Hall–Kier alpha value is -4.58. The summed E-state index contributed by atoms with van der Waals surface area (Å²) in [5.41, 5.74) is 9.05. The van der Waals surface area contributed by atoms with Crippen LogP contribution < -0.4 is 16.4 Å². The quantitative estimate of drug-likeness (QED) is 0.170. The van der Waals surface area contributed by atoms with Crippen LogP contribution in [0.5, 0.6) is 0 Å². The maximum absolute atomic E-state index is 12.8. The molecule has 0 fully saturated rings. The summed E-state index contributed by atoms with van der Waals surface area (Å²) in [7, 11) is 0. The zero-order valence-corrected chi connectivity index (χ0v) is 26.5. The Balaban J connectivity index is 1.58. The number of amides is 3. The number of allylic oxidation sites excluding steroid dienone is 4. The van der Waals surface area contributed by atoms with Gasteiger partial charge in [0.15, 0.2) is 0 Å². The van der Waals surface area contributed by atoms with Crippen molar-refractivity contribution in [3.63, 3.8) is 0 Å². The van der Waals surface area contributed by atoms with Crippen molar-refractivity contribution in [1.82, 2.24) is 10.6 Å². The van der Waals surface area contributed by atoms with Crippen molar-refractivity contribution in [3.05, 3.63) is 75.5 Å². The van der Waals surface area contributed by atoms with Gasteiger partial charge in [-0.3, -0.25) is 29.0 Å². The van der Waals surface area contributed by atoms with E-state index in [1.54, 1.807) is 11.3 Å². The van der Waals surface area contributed by atoms with Gasteiger partial charge in [-0.1, -0.05) is 48.9 Å². The monoisotopic (exact) mass is 636 g/mol. The lowest BCUT2D eigenvalue weighted by Gasteiger charge is -2.27. The highest BCUT2D eigenvalue weighted by atomic mass is 32.1. The molecule has 2 unspecified atom stereocenters. The first-order chi connectivity index (χ1) is 21.3. The average Bonchev–Trinajstić information content (AvgIpc) is 3.49. The summed E-state index contributed by atoms with van der Waals surface area (Å²) in [6.45, 7) is 6.21. The molecular weight excluding hydrogens is 596 g/mol. The predicted octanol–water partition coefficient (Wildman–Crippen LogP) is 4.31. The number of benzene rings is 1. The first-order valence-electron chi connectivity index (χ1n) is 14.7. The third-order valence-corrected chi connectivity index (χ3v) is 9.10. The average molecular weight is 637 g/mol. The summed E-state index contributed by atoms with van der Waals surface area (Å²) >= 11 is 1.70. The first kappa shape index (κ1) is 34.9. The van der Waals surface area contributed by atoms with E-state index >= 15 is 0 Å². The molecule has 6 N–H and O–H groups in total. The van der Waals surface area contributed by atoms with Crippen molar-refractivity contribution in [2.75, 3.05) is 0 Å². The summed E-state index contributed by atoms with van der Waals surface area (Å²) in [6.07, 6.45) is 6.18. The highest BCUT2D eigenvalue weighted by molar-refractivity contribution is 7.14. The number of nitrogens with one attached hydrogen (secondary N) is 2. The third kappa shape index (κ3) is 10.5. The van der Waals surface area contributed by atoms with Crippen LogP contribution in [0.4, 0.5) is 5.69 Å². The SMILES string of the molecule is CC(=Nc1ccccc1C)c1ccc(C2(C)C=CC(CCC(=O)NC(CCC(=O)O)C(=O)N[C@@H](CCC(=O)O)C(N)=O)=CC2)s1. The molecule has 0 saturated carbocycles. The Morgan fingerprint density at radius 2 is 1.64 bits per heavy atom. The molecule has 11 nitrogen and oxygen atoms in total. The van der Waals surface area contributed by atoms with Gasteiger partial charge in [-0.05, 0) is 63.3 Å². The molecule has 240 valence electrons. The molecule has 1 aromatic heterocycles. The van der Waals surface area contributed by atoms with Gasteiger partial charge in [0.2, 0.25) is 17.7 Å². The Kier molecular flexibility index (Phi) is 12.4. The summed E-state index contributed by atoms with van der Waals surface area (Å²) < 4.78 is 0. The Morgan fingerprint density at radius 3 is 2.24 bits per heavy atom. The number of aryl methyl sites for hydroxylation is 1. The van der Waals surface area contributed by atoms with Crippen LogP contribution in [-0.4, -0.2) is 57.7 Å². The van der Waals surface area contributed by atoms with Crippen LogP contribution in [0, 0.1) is 6.92 Å². The maximum atomic E-state index is 12.8. The summed E-state index contributed by atoms with van der Waals surface area (Å²) in [5, 5.41) is 22.9. The smallest absolute Gasteiger partial charge is 0.303 e. The zero-order chi connectivity index (χ0) is 33.1. The van der Waals surface area contributed by atoms with Crippen molar-refractivity contribution < 1.29 is 34.2 Å². The number of carbonyl (C=O) groups excluding carboxylic acids is 3. The molecule has 0 saturated heterocycles. The fourth-order valence-electron chi connectivity index (χ4n) is 4.79. The Bertz CT molecular complexity index is 1530. The van der Waals surface area contributed by atoms with Gasteiger partial charge in [-0.25, -0.2) is 0 Å². The van der Waals surface area contributed by atoms with E-state index in [-0.39, 0.29) is 24.7 Å². The van der Waals surface area contributed by atoms with Crippen molar-refractivity contribution >= 4 is 52.4 Å². The Labute approximate surface area is 266 Å². The second-order valence-electron chi connectivity index (χ2n) is 11.3. The number of carboxylic acid groups (broad SMARTS) is 2. The van der Waals surface area contributed by atoms with Crippen LogP contribution in [0.2, 0.25) is 0 Å². The molecular formula is C33H40N4O7S. The highest BCUT2D eigenvalue weighted by Crippen LogP contribution is 2.38. The number of primary amides is 1. The molecule has 1 heterocycles. The maximum Gasteiger partial charge on any atom is 0.303 e. The van der Waals surface area contributed by atoms with Crippen molar-refractivity contribution in [1.29, 1.82) is 0 Å². The van der Waals surface area contributed by atoms with E-state index < -0.39 is 54.6 Å². The summed E-state index contributed by atoms with van der Waals surface area (Å²) in [6, 6.07) is 9.72. The molecule has 3 atom stereocenters. The second kappa shape index (κ2) is 15.9. The lowest BCUT2D eigenvalue weighted by Crippen LogP contribution is -2.53. The normalized spacial score (nSPS) is 17.6. The number of hydrogen-bond acceptors (Lipinski definition) is 7. The molecule has 3 rings (SSSR count). The number of hydrogen-bond donors (Lipinski definition) is 5. The number of aliphatic carboxylic acids is 2. The Morgan fingerprint density at radius 1 is 0.978 bits per heavy atom. The van der Waals surface area contributed by atoms with Crippen molar-refractivity contribution in [2.24, 2.45) is 10.7 Å².